The number of carbonyl (C=O) groups excluding carboxylic acids is 1. The molecule has 1 aliphatic rings. The summed E-state index contributed by atoms with van der Waals surface area (Å²) < 4.78 is 1.99. The van der Waals surface area contributed by atoms with Crippen molar-refractivity contribution in [2.45, 2.75) is 65.1 Å². The van der Waals surface area contributed by atoms with E-state index in [0.717, 1.165) is 18.9 Å². The molecule has 4 heteroatoms. The third kappa shape index (κ3) is 5.20. The smallest absolute Gasteiger partial charge is 0.240 e. The summed E-state index contributed by atoms with van der Waals surface area (Å²) in [6, 6.07) is 2.60. The molecule has 0 saturated heterocycles. The Hall–Kier alpha value is -1.29. The fraction of sp³-hybridized carbons (Fsp3) is 0.706. The van der Waals surface area contributed by atoms with Crippen molar-refractivity contribution >= 4 is 5.91 Å². The lowest BCUT2D eigenvalue weighted by Gasteiger charge is -2.20. The van der Waals surface area contributed by atoms with Crippen molar-refractivity contribution in [2.24, 2.45) is 5.92 Å². The van der Waals surface area contributed by atoms with Crippen molar-refractivity contribution in [2.75, 3.05) is 6.54 Å². The Morgan fingerprint density at radius 3 is 2.71 bits per heavy atom. The Labute approximate surface area is 128 Å². The third-order valence-corrected chi connectivity index (χ3v) is 3.68. The Morgan fingerprint density at radius 1 is 1.43 bits per heavy atom. The van der Waals surface area contributed by atoms with Crippen LogP contribution in [0, 0.1) is 5.92 Å². The van der Waals surface area contributed by atoms with E-state index in [0.29, 0.717) is 12.6 Å². The topological polar surface area (TPSA) is 46.1 Å². The minimum Gasteiger partial charge on any atom is -0.350 e. The van der Waals surface area contributed by atoms with E-state index >= 15 is 0 Å². The fourth-order valence-corrected chi connectivity index (χ4v) is 2.65. The molecule has 0 aromatic carbocycles. The molecule has 0 radical (unpaired) electrons. The van der Waals surface area contributed by atoms with Gasteiger partial charge in [-0.25, -0.2) is 0 Å². The number of aromatic nitrogens is 1. The Bertz CT molecular complexity index is 469. The van der Waals surface area contributed by atoms with E-state index in [1.165, 1.54) is 18.4 Å². The van der Waals surface area contributed by atoms with Gasteiger partial charge in [0.25, 0.3) is 0 Å². The molecule has 2 N–H and O–H groups in total. The van der Waals surface area contributed by atoms with E-state index in [4.69, 9.17) is 0 Å². The molecule has 1 atom stereocenters. The van der Waals surface area contributed by atoms with Gasteiger partial charge in [0.1, 0.15) is 6.54 Å². The zero-order chi connectivity index (χ0) is 15.5. The highest BCUT2D eigenvalue weighted by Gasteiger charge is 2.32. The fourth-order valence-electron chi connectivity index (χ4n) is 2.65. The van der Waals surface area contributed by atoms with Gasteiger partial charge in [0, 0.05) is 24.0 Å². The second kappa shape index (κ2) is 6.65. The normalized spacial score (nSPS) is 16.8. The standard InChI is InChI=1S/C17H29N3O/c1-5-9-18-16(13-6-7-13)14-8-10-20(11-14)12-15(21)19-17(2,3)4/h8,10-11,13,16,18H,5-7,9,12H2,1-4H3,(H,19,21). The average Bonchev–Trinajstić information content (AvgIpc) is 3.09. The maximum absolute atomic E-state index is 12.0. The number of rotatable bonds is 7. The first-order chi connectivity index (χ1) is 9.89. The van der Waals surface area contributed by atoms with E-state index in [2.05, 4.69) is 29.8 Å². The van der Waals surface area contributed by atoms with Crippen LogP contribution < -0.4 is 10.6 Å². The van der Waals surface area contributed by atoms with Crippen molar-refractivity contribution in [1.82, 2.24) is 15.2 Å². The summed E-state index contributed by atoms with van der Waals surface area (Å²) in [4.78, 5) is 12.0. The van der Waals surface area contributed by atoms with Crippen molar-refractivity contribution in [3.63, 3.8) is 0 Å². The largest absolute Gasteiger partial charge is 0.350 e. The summed E-state index contributed by atoms with van der Waals surface area (Å²) in [6.45, 7) is 9.65. The van der Waals surface area contributed by atoms with Crippen LogP contribution in [0.2, 0.25) is 0 Å². The maximum atomic E-state index is 12.0. The van der Waals surface area contributed by atoms with Crippen LogP contribution in [0.1, 0.15) is 58.6 Å². The number of hydrogen-bond acceptors (Lipinski definition) is 2. The van der Waals surface area contributed by atoms with Crippen LogP contribution in [-0.2, 0) is 11.3 Å². The first-order valence-corrected chi connectivity index (χ1v) is 8.09. The predicted octanol–water partition coefficient (Wildman–Crippen LogP) is 2.85. The van der Waals surface area contributed by atoms with Gasteiger partial charge in [-0.1, -0.05) is 6.92 Å². The van der Waals surface area contributed by atoms with Gasteiger partial charge in [0.15, 0.2) is 0 Å². The summed E-state index contributed by atoms with van der Waals surface area (Å²) in [6.07, 6.45) is 7.92. The monoisotopic (exact) mass is 291 g/mol. The maximum Gasteiger partial charge on any atom is 0.240 e. The van der Waals surface area contributed by atoms with Gasteiger partial charge in [-0.2, -0.15) is 0 Å². The molecular formula is C17H29N3O. The number of carbonyl (C=O) groups is 1. The summed E-state index contributed by atoms with van der Waals surface area (Å²) in [5.41, 5.74) is 1.14. The molecule has 2 rings (SSSR count). The highest BCUT2D eigenvalue weighted by molar-refractivity contribution is 5.76. The van der Waals surface area contributed by atoms with Crippen molar-refractivity contribution < 1.29 is 4.79 Å². The van der Waals surface area contributed by atoms with E-state index in [1.54, 1.807) is 0 Å². The van der Waals surface area contributed by atoms with Gasteiger partial charge in [-0.3, -0.25) is 4.79 Å². The molecule has 0 bridgehead atoms. The van der Waals surface area contributed by atoms with Crippen LogP contribution in [0.3, 0.4) is 0 Å². The van der Waals surface area contributed by atoms with Crippen LogP contribution in [-0.4, -0.2) is 22.6 Å². The molecule has 1 aliphatic carbocycles. The molecule has 21 heavy (non-hydrogen) atoms. The SMILES string of the molecule is CCCNC(c1ccn(CC(=O)NC(C)(C)C)c1)C1CC1. The lowest BCUT2D eigenvalue weighted by Crippen LogP contribution is -2.42. The third-order valence-electron chi connectivity index (χ3n) is 3.68. The lowest BCUT2D eigenvalue weighted by molar-refractivity contribution is -0.123. The van der Waals surface area contributed by atoms with Crippen molar-refractivity contribution in [1.29, 1.82) is 0 Å². The predicted molar refractivity (Wildman–Crippen MR) is 86.1 cm³/mol. The average molecular weight is 291 g/mol. The van der Waals surface area contributed by atoms with Gasteiger partial charge in [-0.05, 0) is 64.1 Å². The van der Waals surface area contributed by atoms with Crippen LogP contribution in [0.15, 0.2) is 18.5 Å². The first-order valence-electron chi connectivity index (χ1n) is 8.09. The number of nitrogens with zero attached hydrogens (tertiary/aromatic N) is 1. The van der Waals surface area contributed by atoms with Crippen LogP contribution in [0.4, 0.5) is 0 Å². The summed E-state index contributed by atoms with van der Waals surface area (Å²) in [7, 11) is 0. The highest BCUT2D eigenvalue weighted by atomic mass is 16.2. The van der Waals surface area contributed by atoms with Crippen molar-refractivity contribution in [3.8, 4) is 0 Å². The lowest BCUT2D eigenvalue weighted by atomic mass is 10.1. The minimum absolute atomic E-state index is 0.0640. The quantitative estimate of drug-likeness (QED) is 0.811. The summed E-state index contributed by atoms with van der Waals surface area (Å²) in [5, 5.41) is 6.64. The molecule has 1 aromatic rings. The molecule has 1 saturated carbocycles. The number of nitrogens with one attached hydrogen (secondary N) is 2. The summed E-state index contributed by atoms with van der Waals surface area (Å²) >= 11 is 0. The molecular weight excluding hydrogens is 262 g/mol. The number of amides is 1. The highest BCUT2D eigenvalue weighted by Crippen LogP contribution is 2.41. The molecule has 1 fully saturated rings. The Balaban J connectivity index is 1.95. The van der Waals surface area contributed by atoms with Gasteiger partial charge in [-0.15, -0.1) is 0 Å². The first kappa shape index (κ1) is 16.1. The van der Waals surface area contributed by atoms with E-state index in [9.17, 15) is 4.79 Å². The van der Waals surface area contributed by atoms with Gasteiger partial charge in [0.05, 0.1) is 0 Å². The van der Waals surface area contributed by atoms with E-state index in [1.807, 2.05) is 31.5 Å². The molecule has 1 amide bonds. The number of hydrogen-bond donors (Lipinski definition) is 2. The zero-order valence-corrected chi connectivity index (χ0v) is 13.8. The molecule has 1 aromatic heterocycles. The van der Waals surface area contributed by atoms with Gasteiger partial charge >= 0.3 is 0 Å². The molecule has 1 heterocycles. The van der Waals surface area contributed by atoms with Crippen LogP contribution in [0.5, 0.6) is 0 Å². The zero-order valence-electron chi connectivity index (χ0n) is 13.8. The minimum atomic E-state index is -0.174. The van der Waals surface area contributed by atoms with Crippen LogP contribution in [0.25, 0.3) is 0 Å². The molecule has 4 nitrogen and oxygen atoms in total. The van der Waals surface area contributed by atoms with E-state index < -0.39 is 0 Å². The van der Waals surface area contributed by atoms with Gasteiger partial charge < -0.3 is 15.2 Å². The molecule has 118 valence electrons. The van der Waals surface area contributed by atoms with Crippen molar-refractivity contribution in [3.05, 3.63) is 24.0 Å². The Morgan fingerprint density at radius 2 is 2.14 bits per heavy atom. The molecule has 0 aliphatic heterocycles. The van der Waals surface area contributed by atoms with E-state index in [-0.39, 0.29) is 11.4 Å². The molecule has 0 spiro atoms. The summed E-state index contributed by atoms with van der Waals surface area (Å²) in [5.74, 6) is 0.838. The van der Waals surface area contributed by atoms with Gasteiger partial charge in [0.2, 0.25) is 5.91 Å². The molecule has 1 unspecified atom stereocenters. The Kier molecular flexibility index (Phi) is 5.09. The second-order valence-electron chi connectivity index (χ2n) is 7.18. The second-order valence-corrected chi connectivity index (χ2v) is 7.18. The van der Waals surface area contributed by atoms with Crippen LogP contribution >= 0.6 is 0 Å².